The summed E-state index contributed by atoms with van der Waals surface area (Å²) < 4.78 is 0. The summed E-state index contributed by atoms with van der Waals surface area (Å²) in [5.41, 5.74) is 0. The molecule has 0 amide bonds. The summed E-state index contributed by atoms with van der Waals surface area (Å²) in [6.45, 7) is 10.1. The molecular formula is C22H42. The molecule has 0 saturated carbocycles. The second-order valence-corrected chi connectivity index (χ2v) is 7.04. The van der Waals surface area contributed by atoms with Crippen LogP contribution in [0, 0.1) is 19.8 Å². The molecule has 0 fully saturated rings. The Kier molecular flexibility index (Phi) is 18.6. The molecule has 22 heavy (non-hydrogen) atoms. The second-order valence-electron chi connectivity index (χ2n) is 7.04. The first kappa shape index (κ1) is 21.7. The first-order valence-electron chi connectivity index (χ1n) is 10.0. The van der Waals surface area contributed by atoms with Crippen molar-refractivity contribution in [3.05, 3.63) is 26.0 Å². The van der Waals surface area contributed by atoms with Crippen molar-refractivity contribution in [2.75, 3.05) is 0 Å². The first-order valence-corrected chi connectivity index (χ1v) is 10.0. The molecule has 0 heteroatoms. The molecule has 0 N–H and O–H groups in total. The minimum Gasteiger partial charge on any atom is -0.0885 e. The van der Waals surface area contributed by atoms with Crippen LogP contribution in [0.2, 0.25) is 0 Å². The lowest BCUT2D eigenvalue weighted by Gasteiger charge is -2.11. The molecular weight excluding hydrogens is 264 g/mol. The monoisotopic (exact) mass is 306 g/mol. The summed E-state index contributed by atoms with van der Waals surface area (Å²) in [4.78, 5) is 0. The maximum absolute atomic E-state index is 3.90. The summed E-state index contributed by atoms with van der Waals surface area (Å²) in [5.74, 6) is 0.945. The van der Waals surface area contributed by atoms with E-state index < -0.39 is 0 Å². The Bertz CT molecular complexity index is 216. The average molecular weight is 307 g/mol. The van der Waals surface area contributed by atoms with E-state index in [9.17, 15) is 0 Å². The quantitative estimate of drug-likeness (QED) is 0.238. The van der Waals surface area contributed by atoms with E-state index >= 15 is 0 Å². The molecule has 0 aliphatic carbocycles. The highest BCUT2D eigenvalue weighted by Crippen LogP contribution is 2.18. The van der Waals surface area contributed by atoms with Gasteiger partial charge in [-0.1, -0.05) is 116 Å². The third-order valence-electron chi connectivity index (χ3n) is 4.68. The lowest BCUT2D eigenvalue weighted by Crippen LogP contribution is -1.95. The molecule has 0 aromatic heterocycles. The molecule has 0 spiro atoms. The van der Waals surface area contributed by atoms with Gasteiger partial charge in [-0.25, -0.2) is 0 Å². The molecule has 0 aromatic carbocycles. The minimum absolute atomic E-state index is 0.945. The van der Waals surface area contributed by atoms with Crippen LogP contribution in [0.15, 0.2) is 12.2 Å². The van der Waals surface area contributed by atoms with Crippen molar-refractivity contribution in [3.8, 4) is 0 Å². The Labute approximate surface area is 142 Å². The Balaban J connectivity index is 3.14. The molecule has 1 atom stereocenters. The van der Waals surface area contributed by atoms with E-state index in [1.807, 2.05) is 6.08 Å². The van der Waals surface area contributed by atoms with Crippen LogP contribution in [0.3, 0.4) is 0 Å². The lowest BCUT2D eigenvalue weighted by atomic mass is 9.96. The van der Waals surface area contributed by atoms with Gasteiger partial charge >= 0.3 is 0 Å². The summed E-state index contributed by atoms with van der Waals surface area (Å²) in [6.07, 6.45) is 26.3. The number of unbranched alkanes of at least 4 members (excludes halogenated alkanes) is 12. The molecule has 0 bridgehead atoms. The summed E-state index contributed by atoms with van der Waals surface area (Å²) >= 11 is 0. The Morgan fingerprint density at radius 3 is 1.64 bits per heavy atom. The number of rotatable bonds is 17. The van der Waals surface area contributed by atoms with E-state index in [2.05, 4.69) is 26.8 Å². The fourth-order valence-corrected chi connectivity index (χ4v) is 3.10. The predicted molar refractivity (Wildman–Crippen MR) is 103 cm³/mol. The molecule has 0 saturated heterocycles. The van der Waals surface area contributed by atoms with Crippen LogP contribution in [0.4, 0.5) is 0 Å². The number of allylic oxidation sites excluding steroid dienone is 2. The number of hydrogen-bond donors (Lipinski definition) is 0. The van der Waals surface area contributed by atoms with Crippen molar-refractivity contribution < 1.29 is 0 Å². The van der Waals surface area contributed by atoms with Gasteiger partial charge < -0.3 is 0 Å². The van der Waals surface area contributed by atoms with Gasteiger partial charge in [-0.05, 0) is 25.7 Å². The largest absolute Gasteiger partial charge is 0.0885 e. The van der Waals surface area contributed by atoms with Crippen LogP contribution in [0.1, 0.15) is 110 Å². The van der Waals surface area contributed by atoms with Gasteiger partial charge in [0.05, 0.1) is 0 Å². The normalized spacial score (nSPS) is 13.0. The van der Waals surface area contributed by atoms with Crippen molar-refractivity contribution >= 4 is 0 Å². The number of hydrogen-bond acceptors (Lipinski definition) is 0. The zero-order chi connectivity index (χ0) is 16.3. The molecule has 0 aliphatic rings. The fourth-order valence-electron chi connectivity index (χ4n) is 3.10. The van der Waals surface area contributed by atoms with E-state index in [1.54, 1.807) is 0 Å². The van der Waals surface area contributed by atoms with E-state index in [0.717, 1.165) is 12.3 Å². The molecule has 0 aliphatic heterocycles. The standard InChI is InChI=1S/C22H42/c1-4-6-8-10-12-14-16-18-20-22(3)21-19-17-15-13-11-9-7-5-2/h4,6,22H,1-2,5,7-21H2,3H3. The second kappa shape index (κ2) is 18.8. The molecule has 0 heterocycles. The Morgan fingerprint density at radius 1 is 0.682 bits per heavy atom. The summed E-state index contributed by atoms with van der Waals surface area (Å²) in [5, 5.41) is 0. The van der Waals surface area contributed by atoms with Gasteiger partial charge in [0.25, 0.3) is 0 Å². The van der Waals surface area contributed by atoms with E-state index in [0.29, 0.717) is 0 Å². The van der Waals surface area contributed by atoms with Crippen molar-refractivity contribution in [1.82, 2.24) is 0 Å². The van der Waals surface area contributed by atoms with Crippen LogP contribution in [0.5, 0.6) is 0 Å². The first-order chi connectivity index (χ1) is 10.8. The molecule has 0 nitrogen and oxygen atoms in total. The van der Waals surface area contributed by atoms with Crippen LogP contribution >= 0.6 is 0 Å². The summed E-state index contributed by atoms with van der Waals surface area (Å²) in [6, 6.07) is 0. The topological polar surface area (TPSA) is 0 Å². The highest BCUT2D eigenvalue weighted by Gasteiger charge is 2.02. The summed E-state index contributed by atoms with van der Waals surface area (Å²) in [7, 11) is 0. The van der Waals surface area contributed by atoms with Gasteiger partial charge in [0.15, 0.2) is 0 Å². The van der Waals surface area contributed by atoms with Crippen molar-refractivity contribution in [1.29, 1.82) is 0 Å². The SMILES string of the molecule is [CH2]C=CCCCCCCCC(C)CCCCCCCCC[CH2]. The Morgan fingerprint density at radius 2 is 1.14 bits per heavy atom. The van der Waals surface area contributed by atoms with Gasteiger partial charge in [0, 0.05) is 0 Å². The molecule has 2 radical (unpaired) electrons. The molecule has 0 aromatic rings. The van der Waals surface area contributed by atoms with Gasteiger partial charge in [0.2, 0.25) is 0 Å². The lowest BCUT2D eigenvalue weighted by molar-refractivity contribution is 0.431. The molecule has 1 unspecified atom stereocenters. The van der Waals surface area contributed by atoms with Crippen LogP contribution < -0.4 is 0 Å². The van der Waals surface area contributed by atoms with Gasteiger partial charge in [-0.15, -0.1) is 0 Å². The maximum atomic E-state index is 3.90. The van der Waals surface area contributed by atoms with Crippen LogP contribution in [0.25, 0.3) is 0 Å². The maximum Gasteiger partial charge on any atom is -0.0316 e. The molecule has 0 rings (SSSR count). The third kappa shape index (κ3) is 17.8. The van der Waals surface area contributed by atoms with Gasteiger partial charge in [-0.2, -0.15) is 0 Å². The van der Waals surface area contributed by atoms with Crippen molar-refractivity contribution in [3.63, 3.8) is 0 Å². The van der Waals surface area contributed by atoms with Crippen LogP contribution in [-0.4, -0.2) is 0 Å². The van der Waals surface area contributed by atoms with Gasteiger partial charge in [0.1, 0.15) is 0 Å². The van der Waals surface area contributed by atoms with Crippen molar-refractivity contribution in [2.24, 2.45) is 5.92 Å². The Hall–Kier alpha value is -0.260. The predicted octanol–water partition coefficient (Wildman–Crippen LogP) is 8.09. The zero-order valence-corrected chi connectivity index (χ0v) is 15.5. The highest BCUT2D eigenvalue weighted by molar-refractivity contribution is 4.83. The van der Waals surface area contributed by atoms with Crippen molar-refractivity contribution in [2.45, 2.75) is 110 Å². The van der Waals surface area contributed by atoms with E-state index in [1.165, 1.54) is 96.3 Å². The smallest absolute Gasteiger partial charge is 0.0316 e. The average Bonchev–Trinajstić information content (AvgIpc) is 2.52. The van der Waals surface area contributed by atoms with E-state index in [4.69, 9.17) is 0 Å². The van der Waals surface area contributed by atoms with E-state index in [-0.39, 0.29) is 0 Å². The zero-order valence-electron chi connectivity index (χ0n) is 15.5. The molecule has 130 valence electrons. The minimum atomic E-state index is 0.945. The van der Waals surface area contributed by atoms with Gasteiger partial charge in [-0.3, -0.25) is 0 Å². The highest BCUT2D eigenvalue weighted by atomic mass is 14.1. The third-order valence-corrected chi connectivity index (χ3v) is 4.68. The fraction of sp³-hybridized carbons (Fsp3) is 0.818. The van der Waals surface area contributed by atoms with Crippen LogP contribution in [-0.2, 0) is 0 Å².